The Kier molecular flexibility index (Phi) is 5.50. The van der Waals surface area contributed by atoms with Crippen LogP contribution in [0.25, 0.3) is 0 Å². The number of amides is 2. The van der Waals surface area contributed by atoms with E-state index in [0.717, 1.165) is 4.90 Å². The topological polar surface area (TPSA) is 99.2 Å². The molecule has 0 aromatic carbocycles. The van der Waals surface area contributed by atoms with Crippen molar-refractivity contribution in [2.24, 2.45) is 0 Å². The van der Waals surface area contributed by atoms with Crippen molar-refractivity contribution >= 4 is 18.2 Å². The molecule has 1 saturated heterocycles. The van der Waals surface area contributed by atoms with Gasteiger partial charge in [-0.3, -0.25) is 4.90 Å². The Hall–Kier alpha value is -1.99. The first kappa shape index (κ1) is 19.1. The fraction of sp³-hybridized carbons (Fsp3) is 0.800. The van der Waals surface area contributed by atoms with Crippen LogP contribution < -0.4 is 5.11 Å². The molecule has 1 aliphatic heterocycles. The van der Waals surface area contributed by atoms with Gasteiger partial charge in [0, 0.05) is 13.1 Å². The molecule has 1 aliphatic rings. The molecule has 1 rings (SSSR count). The normalized spacial score (nSPS) is 19.3. The van der Waals surface area contributed by atoms with Gasteiger partial charge in [0.15, 0.2) is 0 Å². The molecule has 0 aromatic heterocycles. The highest BCUT2D eigenvalue weighted by molar-refractivity contribution is 5.80. The van der Waals surface area contributed by atoms with Crippen LogP contribution in [0.4, 0.5) is 9.59 Å². The Bertz CT molecular complexity index is 477. The van der Waals surface area contributed by atoms with E-state index in [0.29, 0.717) is 0 Å². The van der Waals surface area contributed by atoms with Crippen molar-refractivity contribution in [3.63, 3.8) is 0 Å². The standard InChI is InChI=1S/C15H26N2O6/c1-14(2,3)22-12(20)16-7-8-17(10(9-16)11(18)19)13(21)23-15(4,5)6/h10H,7-9H2,1-6H3,(H,18,19)/p-1. The Morgan fingerprint density at radius 2 is 1.39 bits per heavy atom. The van der Waals surface area contributed by atoms with Gasteiger partial charge >= 0.3 is 12.2 Å². The average Bonchev–Trinajstić information content (AvgIpc) is 2.33. The fourth-order valence-electron chi connectivity index (χ4n) is 2.02. The summed E-state index contributed by atoms with van der Waals surface area (Å²) < 4.78 is 10.4. The van der Waals surface area contributed by atoms with Crippen molar-refractivity contribution in [3.8, 4) is 0 Å². The SMILES string of the molecule is CC(C)(C)OC(=O)N1CCN(C(=O)OC(C)(C)C)C(C(=O)[O-])C1. The average molecular weight is 329 g/mol. The number of aliphatic carboxylic acids is 1. The maximum atomic E-state index is 12.1. The number of carbonyl (C=O) groups is 3. The predicted octanol–water partition coefficient (Wildman–Crippen LogP) is 0.593. The van der Waals surface area contributed by atoms with Gasteiger partial charge in [-0.25, -0.2) is 9.59 Å². The summed E-state index contributed by atoms with van der Waals surface area (Å²) >= 11 is 0. The maximum Gasteiger partial charge on any atom is 0.410 e. The lowest BCUT2D eigenvalue weighted by molar-refractivity contribution is -0.312. The second-order valence-electron chi connectivity index (χ2n) is 7.43. The maximum absolute atomic E-state index is 12.1. The summed E-state index contributed by atoms with van der Waals surface area (Å²) in [7, 11) is 0. The molecule has 0 spiro atoms. The van der Waals surface area contributed by atoms with Crippen molar-refractivity contribution < 1.29 is 29.0 Å². The van der Waals surface area contributed by atoms with Gasteiger partial charge < -0.3 is 24.3 Å². The number of carboxylic acids is 1. The number of carboxylic acid groups (broad SMARTS) is 1. The molecule has 0 aromatic rings. The second kappa shape index (κ2) is 6.64. The highest BCUT2D eigenvalue weighted by atomic mass is 16.6. The first-order valence-corrected chi connectivity index (χ1v) is 7.48. The van der Waals surface area contributed by atoms with Crippen LogP contribution in [0.15, 0.2) is 0 Å². The minimum absolute atomic E-state index is 0.0345. The van der Waals surface area contributed by atoms with Crippen molar-refractivity contribution in [1.29, 1.82) is 0 Å². The smallest absolute Gasteiger partial charge is 0.410 e. The van der Waals surface area contributed by atoms with E-state index in [2.05, 4.69) is 0 Å². The van der Waals surface area contributed by atoms with Crippen LogP contribution in [-0.4, -0.2) is 64.8 Å². The zero-order valence-electron chi connectivity index (χ0n) is 14.5. The van der Waals surface area contributed by atoms with Gasteiger partial charge in [0.2, 0.25) is 0 Å². The lowest BCUT2D eigenvalue weighted by atomic mass is 10.1. The number of nitrogens with zero attached hydrogens (tertiary/aromatic N) is 2. The van der Waals surface area contributed by atoms with Gasteiger partial charge in [-0.15, -0.1) is 0 Å². The van der Waals surface area contributed by atoms with Crippen LogP contribution in [-0.2, 0) is 14.3 Å². The van der Waals surface area contributed by atoms with E-state index in [4.69, 9.17) is 9.47 Å². The molecule has 23 heavy (non-hydrogen) atoms. The molecular weight excluding hydrogens is 304 g/mol. The van der Waals surface area contributed by atoms with Crippen LogP contribution in [0, 0.1) is 0 Å². The summed E-state index contributed by atoms with van der Waals surface area (Å²) in [6.07, 6.45) is -1.36. The van der Waals surface area contributed by atoms with Crippen molar-refractivity contribution in [2.75, 3.05) is 19.6 Å². The van der Waals surface area contributed by atoms with E-state index >= 15 is 0 Å². The number of rotatable bonds is 1. The number of hydrogen-bond donors (Lipinski definition) is 0. The molecule has 8 heteroatoms. The lowest BCUT2D eigenvalue weighted by Crippen LogP contribution is -2.63. The van der Waals surface area contributed by atoms with Crippen LogP contribution in [0.3, 0.4) is 0 Å². The molecular formula is C15H25N2O6-. The van der Waals surface area contributed by atoms with E-state index in [1.807, 2.05) is 0 Å². The van der Waals surface area contributed by atoms with E-state index < -0.39 is 35.4 Å². The van der Waals surface area contributed by atoms with Gasteiger partial charge in [0.05, 0.1) is 18.6 Å². The minimum Gasteiger partial charge on any atom is -0.548 e. The fourth-order valence-corrected chi connectivity index (χ4v) is 2.02. The quantitative estimate of drug-likeness (QED) is 0.698. The zero-order chi connectivity index (χ0) is 18.0. The molecule has 1 unspecified atom stereocenters. The third-order valence-corrected chi connectivity index (χ3v) is 2.93. The largest absolute Gasteiger partial charge is 0.548 e. The van der Waals surface area contributed by atoms with E-state index in [1.165, 1.54) is 4.90 Å². The zero-order valence-corrected chi connectivity index (χ0v) is 14.5. The minimum atomic E-state index is -1.44. The highest BCUT2D eigenvalue weighted by Gasteiger charge is 2.36. The monoisotopic (exact) mass is 329 g/mol. The molecule has 0 saturated carbocycles. The Morgan fingerprint density at radius 3 is 1.83 bits per heavy atom. The summed E-state index contributed by atoms with van der Waals surface area (Å²) in [5, 5.41) is 11.3. The Morgan fingerprint density at radius 1 is 0.913 bits per heavy atom. The summed E-state index contributed by atoms with van der Waals surface area (Å²) in [6, 6.07) is -1.27. The van der Waals surface area contributed by atoms with E-state index in [-0.39, 0.29) is 19.6 Å². The first-order valence-electron chi connectivity index (χ1n) is 7.48. The van der Waals surface area contributed by atoms with Crippen LogP contribution in [0.5, 0.6) is 0 Å². The molecule has 8 nitrogen and oxygen atoms in total. The molecule has 0 aliphatic carbocycles. The predicted molar refractivity (Wildman–Crippen MR) is 79.5 cm³/mol. The van der Waals surface area contributed by atoms with Crippen LogP contribution in [0.2, 0.25) is 0 Å². The Balaban J connectivity index is 2.80. The van der Waals surface area contributed by atoms with Crippen molar-refractivity contribution in [1.82, 2.24) is 9.80 Å². The van der Waals surface area contributed by atoms with Gasteiger partial charge in [-0.1, -0.05) is 0 Å². The highest BCUT2D eigenvalue weighted by Crippen LogP contribution is 2.18. The second-order valence-corrected chi connectivity index (χ2v) is 7.43. The molecule has 1 fully saturated rings. The number of carbonyl (C=O) groups excluding carboxylic acids is 3. The third-order valence-electron chi connectivity index (χ3n) is 2.93. The molecule has 0 N–H and O–H groups in total. The molecule has 0 bridgehead atoms. The summed E-state index contributed by atoms with van der Waals surface area (Å²) in [6.45, 7) is 10.2. The number of hydrogen-bond acceptors (Lipinski definition) is 6. The van der Waals surface area contributed by atoms with Crippen molar-refractivity contribution in [2.45, 2.75) is 58.8 Å². The number of ether oxygens (including phenoxy) is 2. The molecule has 0 radical (unpaired) electrons. The molecule has 1 heterocycles. The van der Waals surface area contributed by atoms with E-state index in [9.17, 15) is 19.5 Å². The van der Waals surface area contributed by atoms with Gasteiger partial charge in [-0.2, -0.15) is 0 Å². The third kappa shape index (κ3) is 5.96. The first-order chi connectivity index (χ1) is 10.3. The van der Waals surface area contributed by atoms with Crippen molar-refractivity contribution in [3.05, 3.63) is 0 Å². The molecule has 2 amide bonds. The summed E-state index contributed by atoms with van der Waals surface area (Å²) in [5.41, 5.74) is -1.42. The van der Waals surface area contributed by atoms with E-state index in [1.54, 1.807) is 41.5 Å². The van der Waals surface area contributed by atoms with Gasteiger partial charge in [0.25, 0.3) is 0 Å². The lowest BCUT2D eigenvalue weighted by Gasteiger charge is -2.42. The number of piperazine rings is 1. The van der Waals surface area contributed by atoms with Crippen LogP contribution in [0.1, 0.15) is 41.5 Å². The van der Waals surface area contributed by atoms with Gasteiger partial charge in [0.1, 0.15) is 11.2 Å². The molecule has 132 valence electrons. The molecule has 1 atom stereocenters. The Labute approximate surface area is 136 Å². The van der Waals surface area contributed by atoms with Crippen LogP contribution >= 0.6 is 0 Å². The summed E-state index contributed by atoms with van der Waals surface area (Å²) in [5.74, 6) is -1.44. The summed E-state index contributed by atoms with van der Waals surface area (Å²) in [4.78, 5) is 37.8. The van der Waals surface area contributed by atoms with Gasteiger partial charge in [-0.05, 0) is 41.5 Å².